The summed E-state index contributed by atoms with van der Waals surface area (Å²) < 4.78 is 0. The van der Waals surface area contributed by atoms with E-state index in [2.05, 4.69) is 51.7 Å². The second-order valence-electron chi connectivity index (χ2n) is 8.66. The average Bonchev–Trinajstić information content (AvgIpc) is 3.15. The molecule has 3 aromatic carbocycles. The quantitative estimate of drug-likeness (QED) is 0.527. The number of halogens is 1. The normalized spacial score (nSPS) is 18.1. The van der Waals surface area contributed by atoms with Gasteiger partial charge in [0, 0.05) is 49.0 Å². The molecule has 0 aliphatic carbocycles. The van der Waals surface area contributed by atoms with Gasteiger partial charge in [0.2, 0.25) is 0 Å². The fraction of sp³-hybridized carbons (Fsp3) is 0.222. The van der Waals surface area contributed by atoms with E-state index in [0.29, 0.717) is 10.6 Å². The summed E-state index contributed by atoms with van der Waals surface area (Å²) in [6, 6.07) is 24.0. The highest BCUT2D eigenvalue weighted by atomic mass is 35.5. The van der Waals surface area contributed by atoms with Crippen LogP contribution in [0.15, 0.2) is 72.8 Å². The number of amides is 1. The summed E-state index contributed by atoms with van der Waals surface area (Å²) in [5, 5.41) is 7.07. The van der Waals surface area contributed by atoms with Crippen molar-refractivity contribution < 1.29 is 4.79 Å². The van der Waals surface area contributed by atoms with Crippen molar-refractivity contribution in [3.63, 3.8) is 0 Å². The molecule has 1 saturated heterocycles. The number of carbonyl (C=O) groups excluding carboxylic acids is 1. The first-order valence-electron chi connectivity index (χ1n) is 11.2. The van der Waals surface area contributed by atoms with E-state index in [0.717, 1.165) is 60.9 Å². The molecule has 0 unspecified atom stereocenters. The van der Waals surface area contributed by atoms with E-state index < -0.39 is 0 Å². The number of piperazine rings is 1. The zero-order valence-corrected chi connectivity index (χ0v) is 19.4. The molecule has 1 amide bonds. The molecule has 168 valence electrons. The van der Waals surface area contributed by atoms with Crippen LogP contribution in [0.3, 0.4) is 0 Å². The lowest BCUT2D eigenvalue weighted by Crippen LogP contribution is -2.43. The summed E-state index contributed by atoms with van der Waals surface area (Å²) in [6.45, 7) is 5.38. The van der Waals surface area contributed by atoms with Crippen molar-refractivity contribution >= 4 is 40.2 Å². The Morgan fingerprint density at radius 1 is 0.970 bits per heavy atom. The van der Waals surface area contributed by atoms with Crippen molar-refractivity contribution in [2.24, 2.45) is 0 Å². The van der Waals surface area contributed by atoms with E-state index >= 15 is 0 Å². The van der Waals surface area contributed by atoms with E-state index in [1.54, 1.807) is 6.07 Å². The maximum atomic E-state index is 13.0. The molecule has 6 heteroatoms. The van der Waals surface area contributed by atoms with Gasteiger partial charge in [-0.3, -0.25) is 9.69 Å². The van der Waals surface area contributed by atoms with Gasteiger partial charge >= 0.3 is 0 Å². The lowest BCUT2D eigenvalue weighted by Gasteiger charge is -2.32. The van der Waals surface area contributed by atoms with Gasteiger partial charge in [-0.05, 0) is 42.4 Å². The van der Waals surface area contributed by atoms with Gasteiger partial charge in [-0.1, -0.05) is 60.1 Å². The molecule has 1 fully saturated rings. The Morgan fingerprint density at radius 2 is 1.70 bits per heavy atom. The molecule has 2 aliphatic heterocycles. The van der Waals surface area contributed by atoms with Gasteiger partial charge < -0.3 is 15.5 Å². The third-order valence-corrected chi connectivity index (χ3v) is 6.50. The number of fused-ring (bicyclic) bond motifs is 1. The molecular weight excluding hydrogens is 432 g/mol. The van der Waals surface area contributed by atoms with Crippen LogP contribution in [0.1, 0.15) is 16.7 Å². The smallest absolute Gasteiger partial charge is 0.258 e. The minimum Gasteiger partial charge on any atom is -0.354 e. The number of anilines is 2. The van der Waals surface area contributed by atoms with E-state index in [-0.39, 0.29) is 5.91 Å². The van der Waals surface area contributed by atoms with Gasteiger partial charge in [-0.15, -0.1) is 0 Å². The topological polar surface area (TPSA) is 47.6 Å². The zero-order valence-electron chi connectivity index (χ0n) is 18.6. The largest absolute Gasteiger partial charge is 0.354 e. The third-order valence-electron chi connectivity index (χ3n) is 6.26. The number of carbonyl (C=O) groups is 1. The van der Waals surface area contributed by atoms with Crippen molar-refractivity contribution in [1.82, 2.24) is 9.80 Å². The highest BCUT2D eigenvalue weighted by molar-refractivity contribution is 6.38. The summed E-state index contributed by atoms with van der Waals surface area (Å²) in [5.41, 5.74) is 6.17. The molecule has 0 radical (unpaired) electrons. The van der Waals surface area contributed by atoms with E-state index in [1.165, 1.54) is 5.56 Å². The molecule has 0 saturated carbocycles. The second kappa shape index (κ2) is 9.40. The summed E-state index contributed by atoms with van der Waals surface area (Å²) in [7, 11) is 2.17. The third kappa shape index (κ3) is 4.81. The first kappa shape index (κ1) is 21.7. The number of rotatable bonds is 5. The molecule has 33 heavy (non-hydrogen) atoms. The van der Waals surface area contributed by atoms with Crippen molar-refractivity contribution in [2.75, 3.05) is 43.9 Å². The summed E-state index contributed by atoms with van der Waals surface area (Å²) in [4.78, 5) is 17.8. The van der Waals surface area contributed by atoms with Crippen molar-refractivity contribution in [1.29, 1.82) is 0 Å². The first-order valence-corrected chi connectivity index (χ1v) is 11.6. The molecule has 2 heterocycles. The maximum Gasteiger partial charge on any atom is 0.258 e. The number of hydrogen-bond donors (Lipinski definition) is 2. The van der Waals surface area contributed by atoms with Gasteiger partial charge in [-0.25, -0.2) is 0 Å². The van der Waals surface area contributed by atoms with Crippen molar-refractivity contribution in [3.8, 4) is 0 Å². The Balaban J connectivity index is 1.44. The fourth-order valence-corrected chi connectivity index (χ4v) is 4.55. The van der Waals surface area contributed by atoms with Crippen LogP contribution < -0.4 is 10.6 Å². The van der Waals surface area contributed by atoms with Gasteiger partial charge in [0.15, 0.2) is 0 Å². The highest BCUT2D eigenvalue weighted by Crippen LogP contribution is 2.38. The van der Waals surface area contributed by atoms with Gasteiger partial charge in [-0.2, -0.15) is 0 Å². The molecule has 0 atom stereocenters. The summed E-state index contributed by atoms with van der Waals surface area (Å²) in [6.07, 6.45) is 0. The molecule has 2 aliphatic rings. The van der Waals surface area contributed by atoms with Crippen LogP contribution in [0.4, 0.5) is 11.4 Å². The van der Waals surface area contributed by atoms with Crippen LogP contribution in [-0.2, 0) is 11.3 Å². The van der Waals surface area contributed by atoms with Crippen LogP contribution in [0, 0.1) is 0 Å². The minimum atomic E-state index is -0.134. The standard InChI is InChI=1S/C27H27ClN4O/c1-31-13-15-32(16-14-31)18-19-7-10-22(11-8-19)29-26(20-5-3-2-4-6-20)25-23-12-9-21(28)17-24(23)30-27(25)33/h2-12,17,29H,13-16,18H2,1H3,(H,30,33)/b26-25-. The number of nitrogens with one attached hydrogen (secondary N) is 2. The minimum absolute atomic E-state index is 0.134. The van der Waals surface area contributed by atoms with E-state index in [1.807, 2.05) is 42.5 Å². The molecule has 2 N–H and O–H groups in total. The van der Waals surface area contributed by atoms with Crippen LogP contribution in [0.25, 0.3) is 11.3 Å². The van der Waals surface area contributed by atoms with Gasteiger partial charge in [0.25, 0.3) is 5.91 Å². The van der Waals surface area contributed by atoms with Crippen LogP contribution in [-0.4, -0.2) is 48.9 Å². The van der Waals surface area contributed by atoms with Crippen molar-refractivity contribution in [3.05, 3.63) is 94.5 Å². The van der Waals surface area contributed by atoms with Gasteiger partial charge in [0.1, 0.15) is 0 Å². The Kier molecular flexibility index (Phi) is 6.18. The van der Waals surface area contributed by atoms with Crippen LogP contribution in [0.5, 0.6) is 0 Å². The summed E-state index contributed by atoms with van der Waals surface area (Å²) >= 11 is 6.15. The SMILES string of the molecule is CN1CCN(Cc2ccc(N/C(=C3\C(=O)Nc4cc(Cl)ccc43)c3ccccc3)cc2)CC1. The fourth-order valence-electron chi connectivity index (χ4n) is 4.38. The predicted octanol–water partition coefficient (Wildman–Crippen LogP) is 5.02. The molecule has 0 bridgehead atoms. The molecule has 5 nitrogen and oxygen atoms in total. The number of hydrogen-bond acceptors (Lipinski definition) is 4. The molecule has 0 aromatic heterocycles. The first-order chi connectivity index (χ1) is 16.1. The number of benzene rings is 3. The number of nitrogens with zero attached hydrogens (tertiary/aromatic N) is 2. The Hall–Kier alpha value is -3.12. The maximum absolute atomic E-state index is 13.0. The Morgan fingerprint density at radius 3 is 2.42 bits per heavy atom. The van der Waals surface area contributed by atoms with Crippen molar-refractivity contribution in [2.45, 2.75) is 6.54 Å². The number of likely N-dealkylation sites (N-methyl/N-ethyl adjacent to an activating group) is 1. The molecule has 5 rings (SSSR count). The Bertz CT molecular complexity index is 1180. The Labute approximate surface area is 199 Å². The lowest BCUT2D eigenvalue weighted by atomic mass is 10.00. The van der Waals surface area contributed by atoms with E-state index in [9.17, 15) is 4.79 Å². The van der Waals surface area contributed by atoms with Crippen LogP contribution >= 0.6 is 11.6 Å². The second-order valence-corrected chi connectivity index (χ2v) is 9.10. The van der Waals surface area contributed by atoms with Crippen LogP contribution in [0.2, 0.25) is 5.02 Å². The summed E-state index contributed by atoms with van der Waals surface area (Å²) in [5.74, 6) is -0.134. The molecular formula is C27H27ClN4O. The lowest BCUT2D eigenvalue weighted by molar-refractivity contribution is -0.110. The highest BCUT2D eigenvalue weighted by Gasteiger charge is 2.28. The van der Waals surface area contributed by atoms with E-state index in [4.69, 9.17) is 11.6 Å². The zero-order chi connectivity index (χ0) is 22.8. The average molecular weight is 459 g/mol. The van der Waals surface area contributed by atoms with Gasteiger partial charge in [0.05, 0.1) is 17.0 Å². The molecule has 3 aromatic rings. The molecule has 0 spiro atoms. The monoisotopic (exact) mass is 458 g/mol. The predicted molar refractivity (Wildman–Crippen MR) is 136 cm³/mol.